The van der Waals surface area contributed by atoms with E-state index in [4.69, 9.17) is 4.74 Å². The third-order valence-electron chi connectivity index (χ3n) is 3.06. The second-order valence-corrected chi connectivity index (χ2v) is 5.68. The Morgan fingerprint density at radius 1 is 1.19 bits per heavy atom. The lowest BCUT2D eigenvalue weighted by molar-refractivity contribution is 0.301. The number of ether oxygens (including phenoxy) is 1. The fourth-order valence-corrected chi connectivity index (χ4v) is 2.28. The summed E-state index contributed by atoms with van der Waals surface area (Å²) in [6.45, 7) is 2.21. The molecule has 0 saturated carbocycles. The molecule has 3 aromatic rings. The molecule has 21 heavy (non-hydrogen) atoms. The average Bonchev–Trinajstić information content (AvgIpc) is 2.47. The molecule has 0 bridgehead atoms. The first-order valence-corrected chi connectivity index (χ1v) is 7.28. The van der Waals surface area contributed by atoms with E-state index in [0.29, 0.717) is 11.3 Å². The largest absolute Gasteiger partial charge is 0.487 e. The van der Waals surface area contributed by atoms with Gasteiger partial charge in [0, 0.05) is 16.7 Å². The molecule has 106 valence electrons. The van der Waals surface area contributed by atoms with Crippen molar-refractivity contribution in [3.8, 4) is 5.75 Å². The lowest BCUT2D eigenvalue weighted by Gasteiger charge is -2.07. The van der Waals surface area contributed by atoms with E-state index in [-0.39, 0.29) is 12.2 Å². The van der Waals surface area contributed by atoms with Crippen LogP contribution in [0.5, 0.6) is 5.75 Å². The minimum absolute atomic E-state index is 0.0990. The third-order valence-corrected chi connectivity index (χ3v) is 3.59. The molecule has 0 amide bonds. The van der Waals surface area contributed by atoms with Crippen LogP contribution in [0.2, 0.25) is 0 Å². The first-order valence-electron chi connectivity index (χ1n) is 6.49. The standard InChI is InChI=1S/C16H13BrN2O2/c1-11-2-7-15-18-13(8-16(20)19(15)9-11)10-21-14-5-3-12(17)4-6-14/h2-9H,10H2,1H3. The Morgan fingerprint density at radius 2 is 1.95 bits per heavy atom. The smallest absolute Gasteiger partial charge is 0.258 e. The van der Waals surface area contributed by atoms with Crippen molar-refractivity contribution in [2.24, 2.45) is 0 Å². The van der Waals surface area contributed by atoms with Crippen LogP contribution in [-0.2, 0) is 6.61 Å². The maximum absolute atomic E-state index is 12.1. The summed E-state index contributed by atoms with van der Waals surface area (Å²) < 4.78 is 8.18. The number of hydrogen-bond donors (Lipinski definition) is 0. The Hall–Kier alpha value is -2.14. The van der Waals surface area contributed by atoms with E-state index in [2.05, 4.69) is 20.9 Å². The molecule has 0 aliphatic heterocycles. The molecule has 0 N–H and O–H groups in total. The van der Waals surface area contributed by atoms with Crippen LogP contribution in [0.3, 0.4) is 0 Å². The van der Waals surface area contributed by atoms with Crippen molar-refractivity contribution in [1.82, 2.24) is 9.38 Å². The van der Waals surface area contributed by atoms with Crippen molar-refractivity contribution in [3.63, 3.8) is 0 Å². The van der Waals surface area contributed by atoms with Crippen LogP contribution in [-0.4, -0.2) is 9.38 Å². The summed E-state index contributed by atoms with van der Waals surface area (Å²) in [5.41, 5.74) is 2.16. The van der Waals surface area contributed by atoms with Crippen molar-refractivity contribution in [2.45, 2.75) is 13.5 Å². The number of hydrogen-bond acceptors (Lipinski definition) is 3. The molecule has 0 saturated heterocycles. The lowest BCUT2D eigenvalue weighted by Crippen LogP contribution is -2.16. The molecular formula is C16H13BrN2O2. The van der Waals surface area contributed by atoms with E-state index in [1.165, 1.54) is 6.07 Å². The van der Waals surface area contributed by atoms with E-state index in [1.807, 2.05) is 43.3 Å². The second kappa shape index (κ2) is 5.69. The molecule has 0 radical (unpaired) electrons. The highest BCUT2D eigenvalue weighted by Crippen LogP contribution is 2.17. The molecule has 0 unspecified atom stereocenters. The van der Waals surface area contributed by atoms with Gasteiger partial charge >= 0.3 is 0 Å². The molecule has 4 nitrogen and oxygen atoms in total. The number of aryl methyl sites for hydroxylation is 1. The number of rotatable bonds is 3. The molecule has 0 fully saturated rings. The average molecular weight is 345 g/mol. The summed E-state index contributed by atoms with van der Waals surface area (Å²) in [6, 6.07) is 12.8. The Labute approximate surface area is 130 Å². The van der Waals surface area contributed by atoms with Crippen molar-refractivity contribution < 1.29 is 4.74 Å². The normalized spacial score (nSPS) is 10.8. The van der Waals surface area contributed by atoms with Gasteiger partial charge in [-0.2, -0.15) is 0 Å². The first kappa shape index (κ1) is 13.8. The van der Waals surface area contributed by atoms with Gasteiger partial charge in [-0.25, -0.2) is 4.98 Å². The van der Waals surface area contributed by atoms with E-state index < -0.39 is 0 Å². The minimum Gasteiger partial charge on any atom is -0.487 e. The zero-order valence-electron chi connectivity index (χ0n) is 11.4. The lowest BCUT2D eigenvalue weighted by atomic mass is 10.3. The van der Waals surface area contributed by atoms with Crippen LogP contribution in [0.25, 0.3) is 5.65 Å². The number of pyridine rings is 1. The summed E-state index contributed by atoms with van der Waals surface area (Å²) in [5.74, 6) is 0.740. The minimum atomic E-state index is -0.0990. The Kier molecular flexibility index (Phi) is 3.75. The Bertz CT molecular complexity index is 841. The number of nitrogens with zero attached hydrogens (tertiary/aromatic N) is 2. The summed E-state index contributed by atoms with van der Waals surface area (Å²) in [4.78, 5) is 16.5. The van der Waals surface area contributed by atoms with Gasteiger partial charge in [-0.1, -0.05) is 22.0 Å². The van der Waals surface area contributed by atoms with Crippen LogP contribution >= 0.6 is 15.9 Å². The van der Waals surface area contributed by atoms with Gasteiger partial charge in [-0.3, -0.25) is 9.20 Å². The first-order chi connectivity index (χ1) is 10.1. The van der Waals surface area contributed by atoms with Gasteiger partial charge in [0.25, 0.3) is 5.56 Å². The molecule has 0 atom stereocenters. The highest BCUT2D eigenvalue weighted by Gasteiger charge is 2.03. The van der Waals surface area contributed by atoms with E-state index in [1.54, 1.807) is 10.6 Å². The van der Waals surface area contributed by atoms with Crippen LogP contribution in [0.15, 0.2) is 57.9 Å². The number of fused-ring (bicyclic) bond motifs is 1. The molecule has 0 aliphatic rings. The number of halogens is 1. The molecule has 3 rings (SSSR count). The van der Waals surface area contributed by atoms with Crippen molar-refractivity contribution in [1.29, 1.82) is 0 Å². The van der Waals surface area contributed by atoms with Gasteiger partial charge in [-0.15, -0.1) is 0 Å². The van der Waals surface area contributed by atoms with Crippen LogP contribution < -0.4 is 10.3 Å². The summed E-state index contributed by atoms with van der Waals surface area (Å²) in [6.07, 6.45) is 1.78. The number of aromatic nitrogens is 2. The zero-order valence-corrected chi connectivity index (χ0v) is 13.0. The summed E-state index contributed by atoms with van der Waals surface area (Å²) in [5, 5.41) is 0. The Morgan fingerprint density at radius 3 is 2.71 bits per heavy atom. The maximum atomic E-state index is 12.1. The molecule has 2 aromatic heterocycles. The van der Waals surface area contributed by atoms with Crippen molar-refractivity contribution in [2.75, 3.05) is 0 Å². The number of benzene rings is 1. The van der Waals surface area contributed by atoms with Crippen LogP contribution in [0, 0.1) is 6.92 Å². The topological polar surface area (TPSA) is 43.6 Å². The molecule has 1 aromatic carbocycles. The van der Waals surface area contributed by atoms with Gasteiger partial charge < -0.3 is 4.74 Å². The monoisotopic (exact) mass is 344 g/mol. The molecule has 2 heterocycles. The fourth-order valence-electron chi connectivity index (χ4n) is 2.02. The highest BCUT2D eigenvalue weighted by atomic mass is 79.9. The van der Waals surface area contributed by atoms with Gasteiger partial charge in [-0.05, 0) is 42.8 Å². The molecule has 5 heteroatoms. The fraction of sp³-hybridized carbons (Fsp3) is 0.125. The van der Waals surface area contributed by atoms with Crippen LogP contribution in [0.4, 0.5) is 0 Å². The van der Waals surface area contributed by atoms with Gasteiger partial charge in [0.15, 0.2) is 0 Å². The van der Waals surface area contributed by atoms with Gasteiger partial charge in [0.05, 0.1) is 5.69 Å². The Balaban J connectivity index is 1.86. The van der Waals surface area contributed by atoms with Gasteiger partial charge in [0.2, 0.25) is 0 Å². The van der Waals surface area contributed by atoms with E-state index >= 15 is 0 Å². The quantitative estimate of drug-likeness (QED) is 0.731. The second-order valence-electron chi connectivity index (χ2n) is 4.76. The maximum Gasteiger partial charge on any atom is 0.258 e. The summed E-state index contributed by atoms with van der Waals surface area (Å²) in [7, 11) is 0. The molecular weight excluding hydrogens is 332 g/mol. The van der Waals surface area contributed by atoms with Crippen molar-refractivity contribution >= 4 is 21.6 Å². The molecule has 0 spiro atoms. The third kappa shape index (κ3) is 3.13. The van der Waals surface area contributed by atoms with Crippen LogP contribution in [0.1, 0.15) is 11.3 Å². The zero-order chi connectivity index (χ0) is 14.8. The summed E-state index contributed by atoms with van der Waals surface area (Å²) >= 11 is 3.37. The van der Waals surface area contributed by atoms with E-state index in [9.17, 15) is 4.79 Å². The SMILES string of the molecule is Cc1ccc2nc(COc3ccc(Br)cc3)cc(=O)n2c1. The van der Waals surface area contributed by atoms with Crippen molar-refractivity contribution in [3.05, 3.63) is 74.7 Å². The molecule has 0 aliphatic carbocycles. The van der Waals surface area contributed by atoms with E-state index in [0.717, 1.165) is 15.8 Å². The van der Waals surface area contributed by atoms with Gasteiger partial charge in [0.1, 0.15) is 18.0 Å². The highest BCUT2D eigenvalue weighted by molar-refractivity contribution is 9.10. The predicted octanol–water partition coefficient (Wildman–Crippen LogP) is 3.34. The predicted molar refractivity (Wildman–Crippen MR) is 84.7 cm³/mol.